The number of amides is 1. The van der Waals surface area contributed by atoms with Gasteiger partial charge in [-0.05, 0) is 37.3 Å². The smallest absolute Gasteiger partial charge is 0.224 e. The van der Waals surface area contributed by atoms with E-state index in [0.717, 1.165) is 11.3 Å². The molecule has 0 aliphatic heterocycles. The summed E-state index contributed by atoms with van der Waals surface area (Å²) >= 11 is 0. The first-order chi connectivity index (χ1) is 8.16. The molecule has 1 aromatic rings. The highest BCUT2D eigenvalue weighted by molar-refractivity contribution is 5.91. The van der Waals surface area contributed by atoms with Crippen LogP contribution >= 0.6 is 0 Å². The minimum atomic E-state index is -0.0600. The van der Waals surface area contributed by atoms with Gasteiger partial charge in [0.25, 0.3) is 0 Å². The van der Waals surface area contributed by atoms with Crippen LogP contribution in [0, 0.1) is 5.92 Å². The van der Waals surface area contributed by atoms with Crippen LogP contribution in [-0.4, -0.2) is 5.91 Å². The van der Waals surface area contributed by atoms with E-state index in [1.165, 1.54) is 19.3 Å². The van der Waals surface area contributed by atoms with E-state index in [0.29, 0.717) is 12.3 Å². The summed E-state index contributed by atoms with van der Waals surface area (Å²) in [4.78, 5) is 11.8. The molecule has 1 saturated carbocycles. The van der Waals surface area contributed by atoms with Gasteiger partial charge in [0.1, 0.15) is 0 Å². The van der Waals surface area contributed by atoms with Crippen molar-refractivity contribution in [3.8, 4) is 0 Å². The lowest BCUT2D eigenvalue weighted by Gasteiger charge is -2.24. The Morgan fingerprint density at radius 1 is 1.47 bits per heavy atom. The Labute approximate surface area is 102 Å². The molecule has 1 aliphatic carbocycles. The van der Waals surface area contributed by atoms with Crippen LogP contribution in [0.4, 0.5) is 5.69 Å². The zero-order valence-corrected chi connectivity index (χ0v) is 10.3. The van der Waals surface area contributed by atoms with E-state index in [-0.39, 0.29) is 11.9 Å². The van der Waals surface area contributed by atoms with Crippen molar-refractivity contribution in [3.63, 3.8) is 0 Å². The van der Waals surface area contributed by atoms with Crippen molar-refractivity contribution in [2.75, 3.05) is 5.32 Å². The van der Waals surface area contributed by atoms with E-state index in [4.69, 9.17) is 5.73 Å². The monoisotopic (exact) mass is 232 g/mol. The van der Waals surface area contributed by atoms with E-state index in [9.17, 15) is 4.79 Å². The number of benzene rings is 1. The highest BCUT2D eigenvalue weighted by Gasteiger charge is 2.21. The van der Waals surface area contributed by atoms with E-state index < -0.39 is 0 Å². The van der Waals surface area contributed by atoms with E-state index >= 15 is 0 Å². The zero-order valence-electron chi connectivity index (χ0n) is 10.3. The van der Waals surface area contributed by atoms with Gasteiger partial charge in [-0.2, -0.15) is 0 Å². The molecule has 1 aliphatic rings. The van der Waals surface area contributed by atoms with Crippen LogP contribution in [-0.2, 0) is 4.79 Å². The maximum Gasteiger partial charge on any atom is 0.224 e. The molecule has 0 heterocycles. The standard InChI is InChI=1S/C14H20N2O/c1-10(15)12-7-2-3-8-13(12)16-14(17)9-11-5-4-6-11/h2-3,7-8,10-11H,4-6,9,15H2,1H3,(H,16,17). The summed E-state index contributed by atoms with van der Waals surface area (Å²) in [5.41, 5.74) is 7.73. The number of rotatable bonds is 4. The molecule has 92 valence electrons. The first-order valence-corrected chi connectivity index (χ1v) is 6.31. The van der Waals surface area contributed by atoms with Crippen LogP contribution in [0.25, 0.3) is 0 Å². The lowest BCUT2D eigenvalue weighted by molar-refractivity contribution is -0.117. The second kappa shape index (κ2) is 5.32. The maximum absolute atomic E-state index is 11.8. The first-order valence-electron chi connectivity index (χ1n) is 6.31. The van der Waals surface area contributed by atoms with Crippen LogP contribution in [0.2, 0.25) is 0 Å². The third-order valence-electron chi connectivity index (χ3n) is 3.42. The molecular formula is C14H20N2O. The number of carbonyl (C=O) groups is 1. The van der Waals surface area contributed by atoms with Crippen molar-refractivity contribution in [2.45, 2.75) is 38.6 Å². The topological polar surface area (TPSA) is 55.1 Å². The average molecular weight is 232 g/mol. The van der Waals surface area contributed by atoms with Crippen molar-refractivity contribution < 1.29 is 4.79 Å². The predicted molar refractivity (Wildman–Crippen MR) is 69.6 cm³/mol. The number of anilines is 1. The second-order valence-electron chi connectivity index (χ2n) is 4.93. The fraction of sp³-hybridized carbons (Fsp3) is 0.500. The molecule has 0 spiro atoms. The molecule has 1 aromatic carbocycles. The van der Waals surface area contributed by atoms with Crippen LogP contribution in [0.5, 0.6) is 0 Å². The molecule has 3 heteroatoms. The highest BCUT2D eigenvalue weighted by atomic mass is 16.1. The Kier molecular flexibility index (Phi) is 3.79. The summed E-state index contributed by atoms with van der Waals surface area (Å²) in [6.45, 7) is 1.93. The van der Waals surface area contributed by atoms with Gasteiger partial charge in [-0.25, -0.2) is 0 Å². The average Bonchev–Trinajstić information content (AvgIpc) is 2.24. The summed E-state index contributed by atoms with van der Waals surface area (Å²) in [6, 6.07) is 7.68. The van der Waals surface area contributed by atoms with Gasteiger partial charge >= 0.3 is 0 Å². The molecule has 0 radical (unpaired) electrons. The zero-order chi connectivity index (χ0) is 12.3. The van der Waals surface area contributed by atoms with Gasteiger partial charge in [-0.3, -0.25) is 4.79 Å². The molecule has 1 unspecified atom stereocenters. The number of nitrogens with two attached hydrogens (primary N) is 1. The lowest BCUT2D eigenvalue weighted by atomic mass is 9.83. The molecule has 17 heavy (non-hydrogen) atoms. The molecule has 1 fully saturated rings. The third kappa shape index (κ3) is 3.07. The Balaban J connectivity index is 1.99. The minimum Gasteiger partial charge on any atom is -0.326 e. The van der Waals surface area contributed by atoms with Crippen molar-refractivity contribution in [1.82, 2.24) is 0 Å². The number of hydrogen-bond acceptors (Lipinski definition) is 2. The summed E-state index contributed by atoms with van der Waals surface area (Å²) in [7, 11) is 0. The molecule has 3 nitrogen and oxygen atoms in total. The Morgan fingerprint density at radius 3 is 2.76 bits per heavy atom. The normalized spacial score (nSPS) is 17.3. The van der Waals surface area contributed by atoms with E-state index in [2.05, 4.69) is 5.32 Å². The SMILES string of the molecule is CC(N)c1ccccc1NC(=O)CC1CCC1. The van der Waals surface area contributed by atoms with Crippen molar-refractivity contribution in [3.05, 3.63) is 29.8 Å². The number of para-hydroxylation sites is 1. The molecule has 0 bridgehead atoms. The number of carbonyl (C=O) groups excluding carboxylic acids is 1. The van der Waals surface area contributed by atoms with Crippen LogP contribution in [0.3, 0.4) is 0 Å². The Morgan fingerprint density at radius 2 is 2.18 bits per heavy atom. The van der Waals surface area contributed by atoms with Gasteiger partial charge in [0, 0.05) is 18.2 Å². The predicted octanol–water partition coefficient (Wildman–Crippen LogP) is 2.84. The van der Waals surface area contributed by atoms with Crippen LogP contribution in [0.15, 0.2) is 24.3 Å². The number of nitrogens with one attached hydrogen (secondary N) is 1. The summed E-state index contributed by atoms with van der Waals surface area (Å²) in [5.74, 6) is 0.709. The molecule has 0 aromatic heterocycles. The lowest BCUT2D eigenvalue weighted by Crippen LogP contribution is -2.22. The highest BCUT2D eigenvalue weighted by Crippen LogP contribution is 2.30. The fourth-order valence-corrected chi connectivity index (χ4v) is 2.17. The number of hydrogen-bond donors (Lipinski definition) is 2. The molecule has 1 atom stereocenters. The van der Waals surface area contributed by atoms with Gasteiger partial charge in [-0.15, -0.1) is 0 Å². The minimum absolute atomic E-state index is 0.0600. The van der Waals surface area contributed by atoms with Crippen LogP contribution in [0.1, 0.15) is 44.2 Å². The van der Waals surface area contributed by atoms with Gasteiger partial charge in [0.2, 0.25) is 5.91 Å². The Bertz CT molecular complexity index is 397. The van der Waals surface area contributed by atoms with Gasteiger partial charge < -0.3 is 11.1 Å². The molecule has 3 N–H and O–H groups in total. The Hall–Kier alpha value is -1.35. The van der Waals surface area contributed by atoms with Gasteiger partial charge in [-0.1, -0.05) is 24.6 Å². The molecular weight excluding hydrogens is 212 g/mol. The van der Waals surface area contributed by atoms with Crippen LogP contribution < -0.4 is 11.1 Å². The molecule has 1 amide bonds. The largest absolute Gasteiger partial charge is 0.326 e. The van der Waals surface area contributed by atoms with E-state index in [1.54, 1.807) is 0 Å². The van der Waals surface area contributed by atoms with Crippen molar-refractivity contribution in [2.24, 2.45) is 11.7 Å². The summed E-state index contributed by atoms with van der Waals surface area (Å²) in [6.07, 6.45) is 4.31. The fourth-order valence-electron chi connectivity index (χ4n) is 2.17. The van der Waals surface area contributed by atoms with Gasteiger partial charge in [0.05, 0.1) is 0 Å². The maximum atomic E-state index is 11.8. The second-order valence-corrected chi connectivity index (χ2v) is 4.93. The summed E-state index contributed by atoms with van der Waals surface area (Å²) in [5, 5.41) is 2.97. The van der Waals surface area contributed by atoms with Gasteiger partial charge in [0.15, 0.2) is 0 Å². The quantitative estimate of drug-likeness (QED) is 0.838. The van der Waals surface area contributed by atoms with E-state index in [1.807, 2.05) is 31.2 Å². The van der Waals surface area contributed by atoms with Crippen molar-refractivity contribution >= 4 is 11.6 Å². The summed E-state index contributed by atoms with van der Waals surface area (Å²) < 4.78 is 0. The molecule has 0 saturated heterocycles. The first kappa shape index (κ1) is 12.1. The van der Waals surface area contributed by atoms with Crippen molar-refractivity contribution in [1.29, 1.82) is 0 Å². The third-order valence-corrected chi connectivity index (χ3v) is 3.42. The molecule has 2 rings (SSSR count).